The Balaban J connectivity index is 2.62. The van der Waals surface area contributed by atoms with Gasteiger partial charge in [0, 0.05) is 12.1 Å². The number of ketones is 1. The van der Waals surface area contributed by atoms with Crippen molar-refractivity contribution in [3.63, 3.8) is 0 Å². The molecule has 0 spiro atoms. The summed E-state index contributed by atoms with van der Waals surface area (Å²) in [4.78, 5) is 13.9. The van der Waals surface area contributed by atoms with Crippen molar-refractivity contribution in [2.45, 2.75) is 20.3 Å². The van der Waals surface area contributed by atoms with Gasteiger partial charge in [-0.2, -0.15) is 0 Å². The Morgan fingerprint density at radius 2 is 2.00 bits per heavy atom. The second-order valence-electron chi connectivity index (χ2n) is 4.84. The van der Waals surface area contributed by atoms with Crippen LogP contribution in [0.3, 0.4) is 0 Å². The van der Waals surface area contributed by atoms with E-state index in [9.17, 15) is 15.0 Å². The molecule has 0 aliphatic carbocycles. The number of aromatic hydroxyl groups is 2. The second-order valence-corrected chi connectivity index (χ2v) is 4.84. The molecule has 1 aromatic rings. The summed E-state index contributed by atoms with van der Waals surface area (Å²) in [6.45, 7) is 5.45. The average Bonchev–Trinajstić information content (AvgIpc) is 2.32. The van der Waals surface area contributed by atoms with Gasteiger partial charge in [-0.15, -0.1) is 0 Å². The Morgan fingerprint density at radius 1 is 1.33 bits per heavy atom. The van der Waals surface area contributed by atoms with Crippen LogP contribution in [0.1, 0.15) is 30.6 Å². The van der Waals surface area contributed by atoms with Gasteiger partial charge in [-0.25, -0.2) is 0 Å². The van der Waals surface area contributed by atoms with E-state index in [2.05, 4.69) is 13.8 Å². The minimum Gasteiger partial charge on any atom is -0.504 e. The van der Waals surface area contributed by atoms with Crippen LogP contribution in [-0.2, 0) is 0 Å². The molecule has 0 fully saturated rings. The van der Waals surface area contributed by atoms with Gasteiger partial charge in [-0.05, 0) is 31.2 Å². The molecule has 0 amide bonds. The van der Waals surface area contributed by atoms with Crippen LogP contribution < -0.4 is 0 Å². The zero-order valence-corrected chi connectivity index (χ0v) is 11.2. The predicted octanol–water partition coefficient (Wildman–Crippen LogP) is 2.26. The number of benzene rings is 1. The second kappa shape index (κ2) is 6.40. The Bertz CT molecular complexity index is 418. The number of phenols is 2. The first-order chi connectivity index (χ1) is 8.43. The number of rotatable bonds is 6. The molecule has 0 radical (unpaired) electrons. The zero-order chi connectivity index (χ0) is 13.7. The third-order valence-corrected chi connectivity index (χ3v) is 3.03. The van der Waals surface area contributed by atoms with E-state index < -0.39 is 0 Å². The largest absolute Gasteiger partial charge is 0.504 e. The van der Waals surface area contributed by atoms with Crippen LogP contribution in [0.4, 0.5) is 0 Å². The van der Waals surface area contributed by atoms with Crippen LogP contribution in [0.25, 0.3) is 0 Å². The maximum absolute atomic E-state index is 12.0. The van der Waals surface area contributed by atoms with E-state index in [4.69, 9.17) is 0 Å². The third-order valence-electron chi connectivity index (χ3n) is 3.03. The molecule has 4 heteroatoms. The van der Waals surface area contributed by atoms with Gasteiger partial charge < -0.3 is 10.2 Å². The monoisotopic (exact) mass is 251 g/mol. The van der Waals surface area contributed by atoms with E-state index in [-0.39, 0.29) is 17.3 Å². The normalized spacial score (nSPS) is 12.7. The standard InChI is InChI=1S/C14H21NO3/c1-4-10(2)8-15(3)9-14(18)11-5-6-12(16)13(17)7-11/h5-7,10,16-17H,4,8-9H2,1-3H3. The fourth-order valence-electron chi connectivity index (χ4n) is 1.76. The highest BCUT2D eigenvalue weighted by Crippen LogP contribution is 2.25. The minimum atomic E-state index is -0.259. The molecule has 0 aliphatic rings. The summed E-state index contributed by atoms with van der Waals surface area (Å²) < 4.78 is 0. The van der Waals surface area contributed by atoms with Crippen LogP contribution in [0.15, 0.2) is 18.2 Å². The summed E-state index contributed by atoms with van der Waals surface area (Å²) in [7, 11) is 1.91. The molecule has 0 heterocycles. The topological polar surface area (TPSA) is 60.8 Å². The van der Waals surface area contributed by atoms with Crippen molar-refractivity contribution in [2.75, 3.05) is 20.1 Å². The van der Waals surface area contributed by atoms with Crippen molar-refractivity contribution in [1.29, 1.82) is 0 Å². The van der Waals surface area contributed by atoms with Gasteiger partial charge in [0.25, 0.3) is 0 Å². The lowest BCUT2D eigenvalue weighted by Crippen LogP contribution is -2.29. The van der Waals surface area contributed by atoms with Crippen LogP contribution in [0.5, 0.6) is 11.5 Å². The molecule has 2 N–H and O–H groups in total. The van der Waals surface area contributed by atoms with Crippen LogP contribution in [0.2, 0.25) is 0 Å². The van der Waals surface area contributed by atoms with Crippen molar-refractivity contribution in [3.8, 4) is 11.5 Å². The molecule has 1 aromatic carbocycles. The molecule has 4 nitrogen and oxygen atoms in total. The molecule has 18 heavy (non-hydrogen) atoms. The fourth-order valence-corrected chi connectivity index (χ4v) is 1.76. The van der Waals surface area contributed by atoms with Crippen LogP contribution in [0, 0.1) is 5.92 Å². The first kappa shape index (κ1) is 14.5. The predicted molar refractivity (Wildman–Crippen MR) is 71.1 cm³/mol. The Hall–Kier alpha value is -1.55. The van der Waals surface area contributed by atoms with E-state index in [1.807, 2.05) is 11.9 Å². The maximum Gasteiger partial charge on any atom is 0.176 e. The summed E-state index contributed by atoms with van der Waals surface area (Å²) in [5.41, 5.74) is 0.418. The summed E-state index contributed by atoms with van der Waals surface area (Å²) in [5.74, 6) is 0.0251. The van der Waals surface area contributed by atoms with Crippen molar-refractivity contribution in [2.24, 2.45) is 5.92 Å². The molecule has 0 saturated heterocycles. The Morgan fingerprint density at radius 3 is 2.56 bits per heavy atom. The molecule has 0 aromatic heterocycles. The molecule has 0 saturated carbocycles. The van der Waals surface area contributed by atoms with Gasteiger partial charge in [0.2, 0.25) is 0 Å². The quantitative estimate of drug-likeness (QED) is 0.601. The molecule has 0 bridgehead atoms. The number of hydrogen-bond donors (Lipinski definition) is 2. The summed E-state index contributed by atoms with van der Waals surface area (Å²) in [5, 5.41) is 18.5. The molecule has 1 unspecified atom stereocenters. The highest BCUT2D eigenvalue weighted by Gasteiger charge is 2.12. The molecular formula is C14H21NO3. The first-order valence-electron chi connectivity index (χ1n) is 6.17. The van der Waals surface area contributed by atoms with Crippen molar-refractivity contribution in [3.05, 3.63) is 23.8 Å². The lowest BCUT2D eigenvalue weighted by molar-refractivity contribution is 0.0938. The number of nitrogens with zero attached hydrogens (tertiary/aromatic N) is 1. The van der Waals surface area contributed by atoms with Crippen molar-refractivity contribution < 1.29 is 15.0 Å². The number of phenolic OH excluding ortho intramolecular Hbond substituents is 2. The lowest BCUT2D eigenvalue weighted by atomic mass is 10.1. The molecular weight excluding hydrogens is 230 g/mol. The summed E-state index contributed by atoms with van der Waals surface area (Å²) in [6, 6.07) is 4.15. The first-order valence-corrected chi connectivity index (χ1v) is 6.17. The molecule has 100 valence electrons. The van der Waals surface area contributed by atoms with Crippen LogP contribution >= 0.6 is 0 Å². The van der Waals surface area contributed by atoms with E-state index in [1.165, 1.54) is 18.2 Å². The molecule has 1 atom stereocenters. The van der Waals surface area contributed by atoms with E-state index in [1.54, 1.807) is 0 Å². The fraction of sp³-hybridized carbons (Fsp3) is 0.500. The van der Waals surface area contributed by atoms with E-state index >= 15 is 0 Å². The van der Waals surface area contributed by atoms with Gasteiger partial charge in [-0.3, -0.25) is 9.69 Å². The number of carbonyl (C=O) groups is 1. The van der Waals surface area contributed by atoms with Gasteiger partial charge in [0.1, 0.15) is 0 Å². The minimum absolute atomic E-state index is 0.0592. The molecule has 0 aliphatic heterocycles. The average molecular weight is 251 g/mol. The van der Waals surface area contributed by atoms with Gasteiger partial charge in [0.05, 0.1) is 6.54 Å². The Kier molecular flexibility index (Phi) is 5.16. The Labute approximate surface area is 108 Å². The van der Waals surface area contributed by atoms with E-state index in [0.29, 0.717) is 18.0 Å². The number of likely N-dealkylation sites (N-methyl/N-ethyl adjacent to an activating group) is 1. The highest BCUT2D eigenvalue weighted by molar-refractivity contribution is 5.98. The van der Waals surface area contributed by atoms with Gasteiger partial charge in [-0.1, -0.05) is 20.3 Å². The zero-order valence-electron chi connectivity index (χ0n) is 11.2. The SMILES string of the molecule is CCC(C)CN(C)CC(=O)c1ccc(O)c(O)c1. The molecule has 1 rings (SSSR count). The summed E-state index contributed by atoms with van der Waals surface area (Å²) >= 11 is 0. The number of hydrogen-bond acceptors (Lipinski definition) is 4. The third kappa shape index (κ3) is 4.04. The van der Waals surface area contributed by atoms with E-state index in [0.717, 1.165) is 13.0 Å². The number of Topliss-reactive ketones (excluding diaryl/α,β-unsaturated/α-hetero) is 1. The summed E-state index contributed by atoms with van der Waals surface area (Å²) in [6.07, 6.45) is 1.08. The smallest absolute Gasteiger partial charge is 0.176 e. The van der Waals surface area contributed by atoms with Gasteiger partial charge in [0.15, 0.2) is 17.3 Å². The maximum atomic E-state index is 12.0. The lowest BCUT2D eigenvalue weighted by Gasteiger charge is -2.19. The van der Waals surface area contributed by atoms with Crippen molar-refractivity contribution >= 4 is 5.78 Å². The van der Waals surface area contributed by atoms with Gasteiger partial charge >= 0.3 is 0 Å². The number of carbonyl (C=O) groups excluding carboxylic acids is 1. The van der Waals surface area contributed by atoms with Crippen LogP contribution in [-0.4, -0.2) is 41.0 Å². The highest BCUT2D eigenvalue weighted by atomic mass is 16.3. The van der Waals surface area contributed by atoms with Crippen molar-refractivity contribution in [1.82, 2.24) is 4.90 Å².